The second-order valence-corrected chi connectivity index (χ2v) is 6.14. The van der Waals surface area contributed by atoms with Crippen molar-refractivity contribution in [1.82, 2.24) is 19.9 Å². The highest BCUT2D eigenvalue weighted by molar-refractivity contribution is 5.52. The molecule has 0 unspecified atom stereocenters. The van der Waals surface area contributed by atoms with E-state index in [0.29, 0.717) is 5.92 Å². The lowest BCUT2D eigenvalue weighted by Gasteiger charge is -2.28. The molecule has 3 heterocycles. The molecule has 22 heavy (non-hydrogen) atoms. The summed E-state index contributed by atoms with van der Waals surface area (Å²) in [5.74, 6) is 3.02. The van der Waals surface area contributed by atoms with E-state index in [1.807, 2.05) is 38.1 Å². The van der Waals surface area contributed by atoms with E-state index in [9.17, 15) is 0 Å². The topological polar surface area (TPSA) is 53.9 Å². The number of nitrogens with zero attached hydrogens (tertiary/aromatic N) is 4. The summed E-state index contributed by atoms with van der Waals surface area (Å²) >= 11 is 0. The summed E-state index contributed by atoms with van der Waals surface area (Å²) in [5.41, 5.74) is 1.98. The number of pyridine rings is 1. The molecule has 1 fully saturated rings. The molecule has 1 atom stereocenters. The van der Waals surface area contributed by atoms with Gasteiger partial charge in [0.05, 0.1) is 0 Å². The summed E-state index contributed by atoms with van der Waals surface area (Å²) in [6.45, 7) is 6.21. The highest BCUT2D eigenvalue weighted by Gasteiger charge is 2.22. The van der Waals surface area contributed by atoms with E-state index in [2.05, 4.69) is 27.2 Å². The Kier molecular flexibility index (Phi) is 4.34. The molecular weight excluding hydrogens is 274 g/mol. The lowest BCUT2D eigenvalue weighted by molar-refractivity contribution is 0.246. The molecule has 0 aromatic carbocycles. The van der Waals surface area contributed by atoms with Gasteiger partial charge in [-0.1, -0.05) is 6.07 Å². The molecule has 1 aliphatic heterocycles. The fraction of sp³-hybridized carbons (Fsp3) is 0.471. The predicted octanol–water partition coefficient (Wildman–Crippen LogP) is 3.04. The molecular formula is C17H23N5. The first-order valence-corrected chi connectivity index (χ1v) is 7.85. The molecule has 0 bridgehead atoms. The van der Waals surface area contributed by atoms with Crippen LogP contribution in [0.3, 0.4) is 0 Å². The highest BCUT2D eigenvalue weighted by Crippen LogP contribution is 2.25. The Bertz CT molecular complexity index is 655. The Morgan fingerprint density at radius 3 is 2.73 bits per heavy atom. The van der Waals surface area contributed by atoms with Crippen LogP contribution in [0.5, 0.6) is 0 Å². The van der Waals surface area contributed by atoms with Gasteiger partial charge < -0.3 is 10.2 Å². The number of likely N-dealkylation sites (tertiary alicyclic amines) is 1. The second-order valence-electron chi connectivity index (χ2n) is 6.14. The molecule has 5 heteroatoms. The number of piperidine rings is 1. The number of rotatable bonds is 3. The highest BCUT2D eigenvalue weighted by atomic mass is 15.1. The van der Waals surface area contributed by atoms with E-state index >= 15 is 0 Å². The van der Waals surface area contributed by atoms with Gasteiger partial charge in [-0.3, -0.25) is 0 Å². The Morgan fingerprint density at radius 1 is 1.09 bits per heavy atom. The average Bonchev–Trinajstić information content (AvgIpc) is 2.46. The summed E-state index contributed by atoms with van der Waals surface area (Å²) < 4.78 is 0. The van der Waals surface area contributed by atoms with Gasteiger partial charge in [0, 0.05) is 29.9 Å². The first-order chi connectivity index (χ1) is 10.6. The molecule has 0 saturated carbocycles. The molecule has 2 aromatic heterocycles. The van der Waals surface area contributed by atoms with Gasteiger partial charge in [-0.25, -0.2) is 15.0 Å². The van der Waals surface area contributed by atoms with Crippen molar-refractivity contribution in [1.29, 1.82) is 0 Å². The molecule has 2 aromatic rings. The third-order valence-electron chi connectivity index (χ3n) is 4.01. The van der Waals surface area contributed by atoms with E-state index in [0.717, 1.165) is 41.8 Å². The van der Waals surface area contributed by atoms with Crippen molar-refractivity contribution in [3.8, 4) is 0 Å². The molecule has 1 aliphatic rings. The monoisotopic (exact) mass is 297 g/mol. The lowest BCUT2D eigenvalue weighted by atomic mass is 9.97. The summed E-state index contributed by atoms with van der Waals surface area (Å²) in [4.78, 5) is 16.2. The van der Waals surface area contributed by atoms with Gasteiger partial charge >= 0.3 is 0 Å². The van der Waals surface area contributed by atoms with E-state index in [1.54, 1.807) is 0 Å². The maximum atomic E-state index is 4.73. The van der Waals surface area contributed by atoms with Crippen LogP contribution in [-0.4, -0.2) is 40.0 Å². The first kappa shape index (κ1) is 14.9. The first-order valence-electron chi connectivity index (χ1n) is 7.85. The smallest absolute Gasteiger partial charge is 0.135 e. The van der Waals surface area contributed by atoms with Gasteiger partial charge in [0.1, 0.15) is 17.5 Å². The number of anilines is 2. The molecule has 0 spiro atoms. The standard InChI is InChI=1S/C17H23N5/c1-12-6-4-8-15(18-12)20-16-10-13(2)19-17(21-16)14-7-5-9-22(3)11-14/h4,6,8,10,14H,5,7,9,11H2,1-3H3,(H,18,19,20,21)/t14-/m0/s1. The number of aromatic nitrogens is 3. The van der Waals surface area contributed by atoms with E-state index < -0.39 is 0 Å². The number of hydrogen-bond donors (Lipinski definition) is 1. The van der Waals surface area contributed by atoms with Gasteiger partial charge in [-0.05, 0) is 52.4 Å². The normalized spacial score (nSPS) is 19.1. The fourth-order valence-electron chi connectivity index (χ4n) is 2.96. The van der Waals surface area contributed by atoms with Crippen molar-refractivity contribution < 1.29 is 0 Å². The second kappa shape index (κ2) is 6.40. The number of nitrogens with one attached hydrogen (secondary N) is 1. The lowest BCUT2D eigenvalue weighted by Crippen LogP contribution is -2.31. The van der Waals surface area contributed by atoms with Crippen molar-refractivity contribution in [3.63, 3.8) is 0 Å². The van der Waals surface area contributed by atoms with Crippen LogP contribution >= 0.6 is 0 Å². The van der Waals surface area contributed by atoms with Gasteiger partial charge in [0.15, 0.2) is 0 Å². The Balaban J connectivity index is 1.83. The molecule has 1 saturated heterocycles. The minimum Gasteiger partial charge on any atom is -0.325 e. The number of aryl methyl sites for hydroxylation is 2. The van der Waals surface area contributed by atoms with Gasteiger partial charge in [-0.15, -0.1) is 0 Å². The number of likely N-dealkylation sites (N-methyl/N-ethyl adjacent to an activating group) is 1. The molecule has 1 N–H and O–H groups in total. The van der Waals surface area contributed by atoms with E-state index in [4.69, 9.17) is 4.98 Å². The zero-order valence-electron chi connectivity index (χ0n) is 13.5. The third-order valence-corrected chi connectivity index (χ3v) is 4.01. The molecule has 0 aliphatic carbocycles. The van der Waals surface area contributed by atoms with Crippen LogP contribution in [0.25, 0.3) is 0 Å². The summed E-state index contributed by atoms with van der Waals surface area (Å²) in [5, 5.41) is 3.30. The van der Waals surface area contributed by atoms with E-state index in [-0.39, 0.29) is 0 Å². The summed E-state index contributed by atoms with van der Waals surface area (Å²) in [7, 11) is 2.16. The predicted molar refractivity (Wildman–Crippen MR) is 88.5 cm³/mol. The van der Waals surface area contributed by atoms with Crippen molar-refractivity contribution in [2.75, 3.05) is 25.5 Å². The zero-order valence-corrected chi connectivity index (χ0v) is 13.5. The van der Waals surface area contributed by atoms with Crippen LogP contribution in [0, 0.1) is 13.8 Å². The van der Waals surface area contributed by atoms with Crippen molar-refractivity contribution in [2.45, 2.75) is 32.6 Å². The largest absolute Gasteiger partial charge is 0.325 e. The Hall–Kier alpha value is -2.01. The SMILES string of the molecule is Cc1cccc(Nc2cc(C)nc([C@H]3CCCN(C)C3)n2)n1. The molecule has 3 rings (SSSR count). The van der Waals surface area contributed by atoms with Crippen molar-refractivity contribution in [3.05, 3.63) is 41.5 Å². The third kappa shape index (κ3) is 3.60. The minimum atomic E-state index is 0.421. The maximum Gasteiger partial charge on any atom is 0.135 e. The number of hydrogen-bond acceptors (Lipinski definition) is 5. The Morgan fingerprint density at radius 2 is 1.95 bits per heavy atom. The molecule has 0 radical (unpaired) electrons. The average molecular weight is 297 g/mol. The van der Waals surface area contributed by atoms with Crippen LogP contribution in [0.4, 0.5) is 11.6 Å². The van der Waals surface area contributed by atoms with Crippen LogP contribution in [0.1, 0.15) is 36.0 Å². The molecule has 5 nitrogen and oxygen atoms in total. The van der Waals surface area contributed by atoms with Crippen LogP contribution < -0.4 is 5.32 Å². The maximum absolute atomic E-state index is 4.73. The van der Waals surface area contributed by atoms with E-state index in [1.165, 1.54) is 13.0 Å². The van der Waals surface area contributed by atoms with Crippen LogP contribution in [-0.2, 0) is 0 Å². The van der Waals surface area contributed by atoms with Gasteiger partial charge in [0.2, 0.25) is 0 Å². The zero-order chi connectivity index (χ0) is 15.5. The Labute approximate surface area is 131 Å². The van der Waals surface area contributed by atoms with Crippen molar-refractivity contribution >= 4 is 11.6 Å². The summed E-state index contributed by atoms with van der Waals surface area (Å²) in [6, 6.07) is 7.91. The van der Waals surface area contributed by atoms with Crippen LogP contribution in [0.15, 0.2) is 24.3 Å². The van der Waals surface area contributed by atoms with Crippen LogP contribution in [0.2, 0.25) is 0 Å². The van der Waals surface area contributed by atoms with Gasteiger partial charge in [-0.2, -0.15) is 0 Å². The molecule has 0 amide bonds. The minimum absolute atomic E-state index is 0.421. The fourth-order valence-corrected chi connectivity index (χ4v) is 2.96. The molecule has 116 valence electrons. The quantitative estimate of drug-likeness (QED) is 0.943. The van der Waals surface area contributed by atoms with Crippen molar-refractivity contribution in [2.24, 2.45) is 0 Å². The van der Waals surface area contributed by atoms with Gasteiger partial charge in [0.25, 0.3) is 0 Å². The summed E-state index contributed by atoms with van der Waals surface area (Å²) in [6.07, 6.45) is 2.37.